The number of hydrogen-bond donors (Lipinski definition) is 0. The predicted octanol–water partition coefficient (Wildman–Crippen LogP) is 1.33. The molecule has 0 atom stereocenters. The van der Waals surface area contributed by atoms with Gasteiger partial charge in [-0.3, -0.25) is 19.5 Å². The number of aromatic nitrogens is 1. The molecule has 1 aromatic rings. The van der Waals surface area contributed by atoms with Crippen LogP contribution in [0.3, 0.4) is 0 Å². The molecule has 2 heterocycles. The van der Waals surface area contributed by atoms with Gasteiger partial charge in [-0.2, -0.15) is 0 Å². The summed E-state index contributed by atoms with van der Waals surface area (Å²) >= 11 is 0. The van der Waals surface area contributed by atoms with E-state index in [1.165, 1.54) is 11.1 Å². The molecular weight excluding hydrogens is 192 g/mol. The highest BCUT2D eigenvalue weighted by Gasteiger charge is 2.36. The number of imide groups is 1. The zero-order chi connectivity index (χ0) is 11.0. The van der Waals surface area contributed by atoms with Gasteiger partial charge >= 0.3 is 0 Å². The summed E-state index contributed by atoms with van der Waals surface area (Å²) < 4.78 is 0. The van der Waals surface area contributed by atoms with Gasteiger partial charge < -0.3 is 0 Å². The fourth-order valence-corrected chi connectivity index (χ4v) is 1.64. The summed E-state index contributed by atoms with van der Waals surface area (Å²) in [5.41, 5.74) is 0.700. The van der Waals surface area contributed by atoms with Crippen molar-refractivity contribution in [3.8, 4) is 0 Å². The van der Waals surface area contributed by atoms with Crippen molar-refractivity contribution in [1.29, 1.82) is 0 Å². The van der Waals surface area contributed by atoms with Crippen LogP contribution in [0.5, 0.6) is 0 Å². The van der Waals surface area contributed by atoms with Gasteiger partial charge in [0.15, 0.2) is 0 Å². The van der Waals surface area contributed by atoms with Crippen molar-refractivity contribution in [3.05, 3.63) is 29.6 Å². The predicted molar refractivity (Wildman–Crippen MR) is 54.4 cm³/mol. The second-order valence-electron chi connectivity index (χ2n) is 4.01. The highest BCUT2D eigenvalue weighted by molar-refractivity contribution is 6.20. The number of hydrogen-bond acceptors (Lipinski definition) is 3. The minimum atomic E-state index is -0.274. The lowest BCUT2D eigenvalue weighted by Crippen LogP contribution is -2.33. The maximum absolute atomic E-state index is 11.8. The average molecular weight is 204 g/mol. The lowest BCUT2D eigenvalue weighted by Gasteiger charge is -2.15. The topological polar surface area (TPSA) is 50.3 Å². The Hall–Kier alpha value is -1.71. The number of rotatable bonds is 2. The van der Waals surface area contributed by atoms with Gasteiger partial charge in [0.1, 0.15) is 5.69 Å². The van der Waals surface area contributed by atoms with Gasteiger partial charge in [-0.05, 0) is 18.1 Å². The van der Waals surface area contributed by atoms with Crippen LogP contribution in [-0.4, -0.2) is 28.2 Å². The van der Waals surface area contributed by atoms with E-state index >= 15 is 0 Å². The maximum Gasteiger partial charge on any atom is 0.280 e. The van der Waals surface area contributed by atoms with Crippen molar-refractivity contribution < 1.29 is 9.59 Å². The molecule has 0 bridgehead atoms. The molecule has 0 aromatic carbocycles. The summed E-state index contributed by atoms with van der Waals surface area (Å²) in [5, 5.41) is 0. The first kappa shape index (κ1) is 9.83. The molecule has 2 rings (SSSR count). The molecule has 15 heavy (non-hydrogen) atoms. The van der Waals surface area contributed by atoms with Gasteiger partial charge in [-0.25, -0.2) is 0 Å². The minimum Gasteiger partial charge on any atom is -0.273 e. The molecule has 0 unspecified atom stereocenters. The second-order valence-corrected chi connectivity index (χ2v) is 4.01. The van der Waals surface area contributed by atoms with E-state index < -0.39 is 0 Å². The fourth-order valence-electron chi connectivity index (χ4n) is 1.64. The monoisotopic (exact) mass is 204 g/mol. The van der Waals surface area contributed by atoms with Gasteiger partial charge in [0, 0.05) is 12.7 Å². The Morgan fingerprint density at radius 3 is 2.67 bits per heavy atom. The van der Waals surface area contributed by atoms with Crippen molar-refractivity contribution in [2.24, 2.45) is 5.92 Å². The van der Waals surface area contributed by atoms with Crippen LogP contribution < -0.4 is 0 Å². The Bertz CT molecular complexity index is 391. The van der Waals surface area contributed by atoms with Crippen molar-refractivity contribution in [2.45, 2.75) is 13.8 Å². The molecule has 0 saturated carbocycles. The number of carbonyl (C=O) groups is 2. The van der Waals surface area contributed by atoms with Crippen LogP contribution in [0.15, 0.2) is 18.3 Å². The maximum atomic E-state index is 11.8. The van der Waals surface area contributed by atoms with Crippen LogP contribution in [0.4, 0.5) is 0 Å². The molecule has 1 aromatic heterocycles. The van der Waals surface area contributed by atoms with E-state index in [-0.39, 0.29) is 23.4 Å². The van der Waals surface area contributed by atoms with E-state index in [0.717, 1.165) is 0 Å². The average Bonchev–Trinajstić information content (AvgIpc) is 2.44. The zero-order valence-corrected chi connectivity index (χ0v) is 8.73. The standard InChI is InChI=1S/C11H12N2O2/c1-7(2)6-13-10(14)8-4-3-5-12-9(8)11(13)15/h3-5,7H,6H2,1-2H3. The van der Waals surface area contributed by atoms with Crippen molar-refractivity contribution >= 4 is 11.8 Å². The van der Waals surface area contributed by atoms with E-state index in [4.69, 9.17) is 0 Å². The Morgan fingerprint density at radius 1 is 1.33 bits per heavy atom. The summed E-state index contributed by atoms with van der Waals surface area (Å²) in [6, 6.07) is 3.31. The molecule has 4 nitrogen and oxygen atoms in total. The van der Waals surface area contributed by atoms with E-state index in [1.807, 2.05) is 13.8 Å². The minimum absolute atomic E-state index is 0.225. The number of fused-ring (bicyclic) bond motifs is 1. The summed E-state index contributed by atoms with van der Waals surface area (Å²) in [4.78, 5) is 28.8. The molecule has 0 spiro atoms. The molecule has 0 N–H and O–H groups in total. The van der Waals surface area contributed by atoms with Crippen LogP contribution in [0.1, 0.15) is 34.7 Å². The summed E-state index contributed by atoms with van der Waals surface area (Å²) in [5.74, 6) is -0.228. The van der Waals surface area contributed by atoms with Gasteiger partial charge in [-0.1, -0.05) is 13.8 Å². The van der Waals surface area contributed by atoms with E-state index in [1.54, 1.807) is 12.1 Å². The molecular formula is C11H12N2O2. The Labute approximate surface area is 87.9 Å². The van der Waals surface area contributed by atoms with Crippen LogP contribution in [0.2, 0.25) is 0 Å². The molecule has 0 radical (unpaired) electrons. The molecule has 2 amide bonds. The quantitative estimate of drug-likeness (QED) is 0.683. The zero-order valence-electron chi connectivity index (χ0n) is 8.73. The molecule has 78 valence electrons. The Morgan fingerprint density at radius 2 is 2.07 bits per heavy atom. The molecule has 0 aliphatic carbocycles. The van der Waals surface area contributed by atoms with Crippen molar-refractivity contribution in [2.75, 3.05) is 6.54 Å². The van der Waals surface area contributed by atoms with Crippen molar-refractivity contribution in [1.82, 2.24) is 9.88 Å². The SMILES string of the molecule is CC(C)CN1C(=O)c2cccnc2C1=O. The lowest BCUT2D eigenvalue weighted by molar-refractivity contribution is 0.0634. The second kappa shape index (κ2) is 3.46. The number of amides is 2. The highest BCUT2D eigenvalue weighted by atomic mass is 16.2. The normalized spacial score (nSPS) is 15.0. The lowest BCUT2D eigenvalue weighted by atomic mass is 10.2. The van der Waals surface area contributed by atoms with E-state index in [2.05, 4.69) is 4.98 Å². The Kier molecular flexibility index (Phi) is 2.26. The number of nitrogens with zero attached hydrogens (tertiary/aromatic N) is 2. The van der Waals surface area contributed by atoms with Crippen LogP contribution >= 0.6 is 0 Å². The highest BCUT2D eigenvalue weighted by Crippen LogP contribution is 2.21. The van der Waals surface area contributed by atoms with E-state index in [0.29, 0.717) is 12.1 Å². The molecule has 0 saturated heterocycles. The Balaban J connectivity index is 2.37. The first-order chi connectivity index (χ1) is 7.11. The van der Waals surface area contributed by atoms with Crippen LogP contribution in [0.25, 0.3) is 0 Å². The van der Waals surface area contributed by atoms with Gasteiger partial charge in [0.25, 0.3) is 11.8 Å². The molecule has 1 aliphatic heterocycles. The van der Waals surface area contributed by atoms with Crippen molar-refractivity contribution in [3.63, 3.8) is 0 Å². The smallest absolute Gasteiger partial charge is 0.273 e. The molecule has 4 heteroatoms. The van der Waals surface area contributed by atoms with Gasteiger partial charge in [-0.15, -0.1) is 0 Å². The number of carbonyl (C=O) groups excluding carboxylic acids is 2. The number of pyridine rings is 1. The first-order valence-electron chi connectivity index (χ1n) is 4.92. The summed E-state index contributed by atoms with van der Waals surface area (Å²) in [6.07, 6.45) is 1.53. The first-order valence-corrected chi connectivity index (χ1v) is 4.92. The summed E-state index contributed by atoms with van der Waals surface area (Å²) in [7, 11) is 0. The van der Waals surface area contributed by atoms with E-state index in [9.17, 15) is 9.59 Å². The molecule has 0 fully saturated rings. The third-order valence-electron chi connectivity index (χ3n) is 2.28. The van der Waals surface area contributed by atoms with Crippen LogP contribution in [0, 0.1) is 5.92 Å². The summed E-state index contributed by atoms with van der Waals surface area (Å²) in [6.45, 7) is 4.39. The molecule has 1 aliphatic rings. The third-order valence-corrected chi connectivity index (χ3v) is 2.28. The fraction of sp³-hybridized carbons (Fsp3) is 0.364. The largest absolute Gasteiger partial charge is 0.280 e. The van der Waals surface area contributed by atoms with Crippen LogP contribution in [-0.2, 0) is 0 Å². The van der Waals surface area contributed by atoms with Gasteiger partial charge in [0.2, 0.25) is 0 Å². The third kappa shape index (κ3) is 1.52. The van der Waals surface area contributed by atoms with Gasteiger partial charge in [0.05, 0.1) is 5.56 Å².